The van der Waals surface area contributed by atoms with Gasteiger partial charge in [-0.2, -0.15) is 5.10 Å². The van der Waals surface area contributed by atoms with Crippen LogP contribution in [-0.2, 0) is 9.59 Å². The maximum absolute atomic E-state index is 12.7. The molecule has 0 fully saturated rings. The fourth-order valence-electron chi connectivity index (χ4n) is 3.03. The van der Waals surface area contributed by atoms with E-state index in [0.29, 0.717) is 29.3 Å². The lowest BCUT2D eigenvalue weighted by atomic mass is 10.1. The summed E-state index contributed by atoms with van der Waals surface area (Å²) in [5.41, 5.74) is 1.89. The van der Waals surface area contributed by atoms with Crippen molar-refractivity contribution in [3.63, 3.8) is 0 Å². The summed E-state index contributed by atoms with van der Waals surface area (Å²) >= 11 is 0. The fraction of sp³-hybridized carbons (Fsp3) is 0.250. The third-order valence-corrected chi connectivity index (χ3v) is 4.54. The molecule has 0 radical (unpaired) electrons. The lowest BCUT2D eigenvalue weighted by molar-refractivity contribution is -0.119. The minimum Gasteiger partial charge on any atom is -0.454 e. The molecule has 138 valence electrons. The van der Waals surface area contributed by atoms with Crippen molar-refractivity contribution >= 4 is 23.2 Å². The van der Waals surface area contributed by atoms with Gasteiger partial charge in [0.2, 0.25) is 12.7 Å². The van der Waals surface area contributed by atoms with Crippen LogP contribution in [0.2, 0.25) is 0 Å². The van der Waals surface area contributed by atoms with E-state index in [9.17, 15) is 9.59 Å². The lowest BCUT2D eigenvalue weighted by Crippen LogP contribution is -2.39. The van der Waals surface area contributed by atoms with Gasteiger partial charge in [-0.1, -0.05) is 24.3 Å². The quantitative estimate of drug-likeness (QED) is 0.903. The van der Waals surface area contributed by atoms with Gasteiger partial charge >= 0.3 is 0 Å². The molecule has 27 heavy (non-hydrogen) atoms. The number of hydrazone groups is 1. The van der Waals surface area contributed by atoms with Crippen LogP contribution in [0.1, 0.15) is 31.4 Å². The first-order valence-corrected chi connectivity index (χ1v) is 8.78. The molecule has 2 aliphatic rings. The molecular formula is C20H19N3O4. The number of para-hydroxylation sites is 1. The number of hydrogen-bond acceptors (Lipinski definition) is 5. The fourth-order valence-corrected chi connectivity index (χ4v) is 3.03. The summed E-state index contributed by atoms with van der Waals surface area (Å²) in [5.74, 6) is 0.963. The summed E-state index contributed by atoms with van der Waals surface area (Å²) in [4.78, 5) is 24.8. The summed E-state index contributed by atoms with van der Waals surface area (Å²) < 4.78 is 10.7. The molecule has 7 nitrogen and oxygen atoms in total. The molecule has 1 atom stereocenters. The van der Waals surface area contributed by atoms with E-state index in [-0.39, 0.29) is 31.1 Å². The molecule has 2 aliphatic heterocycles. The Morgan fingerprint density at radius 1 is 1.11 bits per heavy atom. The largest absolute Gasteiger partial charge is 0.454 e. The average Bonchev–Trinajstić information content (AvgIpc) is 3.16. The number of anilines is 1. The van der Waals surface area contributed by atoms with E-state index in [2.05, 4.69) is 10.4 Å². The molecule has 1 unspecified atom stereocenters. The van der Waals surface area contributed by atoms with Gasteiger partial charge in [0.15, 0.2) is 11.5 Å². The Bertz CT molecular complexity index is 911. The SMILES string of the molecule is CC(NC(=O)C1=NN(c2ccccc2)C(=O)CC1)c1ccc2c(c1)OCO2. The number of hydrogen-bond donors (Lipinski definition) is 1. The number of nitrogens with one attached hydrogen (secondary N) is 1. The topological polar surface area (TPSA) is 80.2 Å². The van der Waals surface area contributed by atoms with Crippen LogP contribution in [0.4, 0.5) is 5.69 Å². The molecule has 0 aromatic heterocycles. The summed E-state index contributed by atoms with van der Waals surface area (Å²) in [7, 11) is 0. The van der Waals surface area contributed by atoms with E-state index >= 15 is 0 Å². The van der Waals surface area contributed by atoms with E-state index in [4.69, 9.17) is 9.47 Å². The zero-order chi connectivity index (χ0) is 18.8. The normalized spacial score (nSPS) is 16.7. The molecule has 2 amide bonds. The highest BCUT2D eigenvalue weighted by Crippen LogP contribution is 2.34. The molecule has 4 rings (SSSR count). The zero-order valence-corrected chi connectivity index (χ0v) is 14.8. The second kappa shape index (κ2) is 7.11. The second-order valence-corrected chi connectivity index (χ2v) is 6.40. The Labute approximate surface area is 156 Å². The van der Waals surface area contributed by atoms with E-state index in [0.717, 1.165) is 5.56 Å². The molecule has 0 spiro atoms. The summed E-state index contributed by atoms with van der Waals surface area (Å²) in [5, 5.41) is 8.52. The molecule has 2 aromatic rings. The number of fused-ring (bicyclic) bond motifs is 1. The van der Waals surface area contributed by atoms with E-state index < -0.39 is 0 Å². The number of carbonyl (C=O) groups excluding carboxylic acids is 2. The van der Waals surface area contributed by atoms with E-state index in [1.54, 1.807) is 12.1 Å². The number of amides is 2. The molecule has 0 saturated carbocycles. The van der Waals surface area contributed by atoms with E-state index in [1.165, 1.54) is 5.01 Å². The van der Waals surface area contributed by atoms with Crippen LogP contribution in [0.15, 0.2) is 53.6 Å². The molecular weight excluding hydrogens is 346 g/mol. The van der Waals surface area contributed by atoms with Crippen molar-refractivity contribution in [3.05, 3.63) is 54.1 Å². The Morgan fingerprint density at radius 3 is 2.70 bits per heavy atom. The first kappa shape index (κ1) is 17.1. The highest BCUT2D eigenvalue weighted by Gasteiger charge is 2.26. The first-order valence-electron chi connectivity index (χ1n) is 8.78. The maximum atomic E-state index is 12.7. The standard InChI is InChI=1S/C20H19N3O4/c1-13(14-7-9-17-18(11-14)27-12-26-17)21-20(25)16-8-10-19(24)23(22-16)15-5-3-2-4-6-15/h2-7,9,11,13H,8,10,12H2,1H3,(H,21,25). The smallest absolute Gasteiger partial charge is 0.267 e. The minimum atomic E-state index is -0.284. The highest BCUT2D eigenvalue weighted by molar-refractivity contribution is 6.40. The number of ether oxygens (including phenoxy) is 2. The van der Waals surface area contributed by atoms with Crippen molar-refractivity contribution in [2.45, 2.75) is 25.8 Å². The Morgan fingerprint density at radius 2 is 1.89 bits per heavy atom. The Balaban J connectivity index is 1.49. The van der Waals surface area contributed by atoms with Crippen molar-refractivity contribution in [2.24, 2.45) is 5.10 Å². The van der Waals surface area contributed by atoms with Crippen LogP contribution in [0.3, 0.4) is 0 Å². The van der Waals surface area contributed by atoms with Crippen molar-refractivity contribution in [1.29, 1.82) is 0 Å². The van der Waals surface area contributed by atoms with Crippen molar-refractivity contribution in [1.82, 2.24) is 5.32 Å². The Kier molecular flexibility index (Phi) is 4.50. The first-order chi connectivity index (χ1) is 13.1. The second-order valence-electron chi connectivity index (χ2n) is 6.40. The van der Waals surface area contributed by atoms with Crippen molar-refractivity contribution < 1.29 is 19.1 Å². The van der Waals surface area contributed by atoms with Crippen LogP contribution in [0, 0.1) is 0 Å². The number of nitrogens with zero attached hydrogens (tertiary/aromatic N) is 2. The predicted molar refractivity (Wildman–Crippen MR) is 99.7 cm³/mol. The van der Waals surface area contributed by atoms with Gasteiger partial charge in [0.05, 0.1) is 11.7 Å². The van der Waals surface area contributed by atoms with Gasteiger partial charge in [0.1, 0.15) is 5.71 Å². The molecule has 0 saturated heterocycles. The summed E-state index contributed by atoms with van der Waals surface area (Å²) in [6, 6.07) is 14.4. The monoisotopic (exact) mass is 365 g/mol. The predicted octanol–water partition coefficient (Wildman–Crippen LogP) is 2.78. The van der Waals surface area contributed by atoms with Gasteiger partial charge in [-0.3, -0.25) is 9.59 Å². The summed E-state index contributed by atoms with van der Waals surface area (Å²) in [6.45, 7) is 2.10. The molecule has 7 heteroatoms. The van der Waals surface area contributed by atoms with Crippen LogP contribution in [0.25, 0.3) is 0 Å². The molecule has 0 bridgehead atoms. The molecule has 2 heterocycles. The molecule has 0 aliphatic carbocycles. The zero-order valence-electron chi connectivity index (χ0n) is 14.8. The Hall–Kier alpha value is -3.35. The van der Waals surface area contributed by atoms with Crippen molar-refractivity contribution in [3.8, 4) is 11.5 Å². The van der Waals surface area contributed by atoms with Gasteiger partial charge in [-0.05, 0) is 36.8 Å². The molecule has 1 N–H and O–H groups in total. The van der Waals surface area contributed by atoms with Gasteiger partial charge < -0.3 is 14.8 Å². The van der Waals surface area contributed by atoms with Crippen LogP contribution in [0.5, 0.6) is 11.5 Å². The van der Waals surface area contributed by atoms with Gasteiger partial charge in [-0.25, -0.2) is 5.01 Å². The van der Waals surface area contributed by atoms with Gasteiger partial charge in [-0.15, -0.1) is 0 Å². The lowest BCUT2D eigenvalue weighted by Gasteiger charge is -2.24. The maximum Gasteiger partial charge on any atom is 0.267 e. The third kappa shape index (κ3) is 3.48. The van der Waals surface area contributed by atoms with Gasteiger partial charge in [0, 0.05) is 12.8 Å². The van der Waals surface area contributed by atoms with Crippen molar-refractivity contribution in [2.75, 3.05) is 11.8 Å². The summed E-state index contributed by atoms with van der Waals surface area (Å²) in [6.07, 6.45) is 0.571. The van der Waals surface area contributed by atoms with E-state index in [1.807, 2.05) is 43.3 Å². The number of rotatable bonds is 4. The van der Waals surface area contributed by atoms with Crippen LogP contribution < -0.4 is 19.8 Å². The number of benzene rings is 2. The molecule has 2 aromatic carbocycles. The van der Waals surface area contributed by atoms with Gasteiger partial charge in [0.25, 0.3) is 5.91 Å². The average molecular weight is 365 g/mol. The number of carbonyl (C=O) groups is 2. The minimum absolute atomic E-state index is 0.124. The van der Waals surface area contributed by atoms with Crippen LogP contribution >= 0.6 is 0 Å². The third-order valence-electron chi connectivity index (χ3n) is 4.54. The highest BCUT2D eigenvalue weighted by atomic mass is 16.7. The van der Waals surface area contributed by atoms with Crippen LogP contribution in [-0.4, -0.2) is 24.3 Å².